The predicted molar refractivity (Wildman–Crippen MR) is 119 cm³/mol. The molecule has 1 aliphatic rings. The molecule has 1 unspecified atom stereocenters. The number of anilines is 1. The van der Waals surface area contributed by atoms with Crippen molar-refractivity contribution < 1.29 is 14.5 Å². The molecule has 0 aliphatic carbocycles. The van der Waals surface area contributed by atoms with Crippen LogP contribution in [0.4, 0.5) is 11.4 Å². The summed E-state index contributed by atoms with van der Waals surface area (Å²) in [7, 11) is 0. The zero-order valence-electron chi connectivity index (χ0n) is 16.0. The Kier molecular flexibility index (Phi) is 5.50. The molecule has 2 amide bonds. The lowest BCUT2D eigenvalue weighted by atomic mass is 10.2. The number of aromatic nitrogens is 1. The average Bonchev–Trinajstić information content (AvgIpc) is 3.28. The second-order valence-electron chi connectivity index (χ2n) is 6.63. The molecule has 11 heteroatoms. The van der Waals surface area contributed by atoms with Gasteiger partial charge < -0.3 is 10.7 Å². The number of nitro groups is 1. The molecular weight excluding hydrogens is 420 g/mol. The third-order valence-corrected chi connectivity index (χ3v) is 5.62. The van der Waals surface area contributed by atoms with E-state index in [1.165, 1.54) is 24.3 Å². The van der Waals surface area contributed by atoms with Crippen LogP contribution in [0.25, 0.3) is 10.9 Å². The van der Waals surface area contributed by atoms with Gasteiger partial charge in [-0.25, -0.2) is 4.90 Å². The minimum absolute atomic E-state index is 0.0307. The van der Waals surface area contributed by atoms with Gasteiger partial charge in [-0.2, -0.15) is 5.10 Å². The molecule has 1 aliphatic heterocycles. The summed E-state index contributed by atoms with van der Waals surface area (Å²) in [5, 5.41) is 19.1. The van der Waals surface area contributed by atoms with E-state index in [2.05, 4.69) is 15.2 Å². The fourth-order valence-electron chi connectivity index (χ4n) is 3.23. The van der Waals surface area contributed by atoms with Crippen LogP contribution in [0.2, 0.25) is 0 Å². The third-order valence-electron chi connectivity index (χ3n) is 4.64. The Hall–Kier alpha value is -3.99. The number of amidine groups is 1. The number of amides is 2. The van der Waals surface area contributed by atoms with Gasteiger partial charge in [0.05, 0.1) is 16.8 Å². The average molecular weight is 436 g/mol. The first-order chi connectivity index (χ1) is 14.9. The number of carbonyl (C=O) groups is 2. The Labute approximate surface area is 180 Å². The van der Waals surface area contributed by atoms with E-state index in [-0.39, 0.29) is 23.0 Å². The molecule has 31 heavy (non-hydrogen) atoms. The summed E-state index contributed by atoms with van der Waals surface area (Å²) >= 11 is 0.929. The summed E-state index contributed by atoms with van der Waals surface area (Å²) in [5.41, 5.74) is 7.63. The largest absolute Gasteiger partial charge is 0.377 e. The van der Waals surface area contributed by atoms with Gasteiger partial charge >= 0.3 is 0 Å². The van der Waals surface area contributed by atoms with Gasteiger partial charge in [0, 0.05) is 41.2 Å². The first-order valence-electron chi connectivity index (χ1n) is 9.14. The second-order valence-corrected chi connectivity index (χ2v) is 7.85. The van der Waals surface area contributed by atoms with Crippen LogP contribution in [0.15, 0.2) is 64.9 Å². The van der Waals surface area contributed by atoms with E-state index < -0.39 is 22.0 Å². The molecule has 1 fully saturated rings. The molecule has 0 radical (unpaired) electrons. The third kappa shape index (κ3) is 4.16. The van der Waals surface area contributed by atoms with E-state index in [9.17, 15) is 19.7 Å². The molecule has 2 heterocycles. The fraction of sp³-hybridized carbons (Fsp3) is 0.100. The predicted octanol–water partition coefficient (Wildman–Crippen LogP) is 2.79. The van der Waals surface area contributed by atoms with Crippen molar-refractivity contribution in [1.29, 1.82) is 0 Å². The molecule has 4 rings (SSSR count). The van der Waals surface area contributed by atoms with Crippen molar-refractivity contribution in [3.05, 3.63) is 70.4 Å². The van der Waals surface area contributed by atoms with E-state index in [0.717, 1.165) is 33.1 Å². The molecule has 3 aromatic rings. The minimum atomic E-state index is -0.779. The van der Waals surface area contributed by atoms with Crippen LogP contribution in [-0.2, 0) is 9.59 Å². The molecular formula is C20H16N6O4S. The fourth-order valence-corrected chi connectivity index (χ4v) is 4.05. The van der Waals surface area contributed by atoms with E-state index in [0.29, 0.717) is 0 Å². The van der Waals surface area contributed by atoms with Crippen molar-refractivity contribution in [1.82, 2.24) is 4.98 Å². The SMILES string of the molecule is NC(=N/N=C/c1c[nH]c2ccccc12)SC1CC(=O)N(c2cccc([N+](=O)[O-])c2)C1=O. The van der Waals surface area contributed by atoms with Crippen molar-refractivity contribution in [3.63, 3.8) is 0 Å². The van der Waals surface area contributed by atoms with E-state index in [1.54, 1.807) is 12.4 Å². The normalized spacial score (nSPS) is 17.2. The molecule has 1 saturated heterocycles. The molecule has 3 N–H and O–H groups in total. The Balaban J connectivity index is 1.45. The first-order valence-corrected chi connectivity index (χ1v) is 10.0. The highest BCUT2D eigenvalue weighted by Gasteiger charge is 2.41. The Morgan fingerprint density at radius 3 is 2.87 bits per heavy atom. The number of hydrogen-bond acceptors (Lipinski definition) is 7. The van der Waals surface area contributed by atoms with E-state index >= 15 is 0 Å². The topological polar surface area (TPSA) is 147 Å². The number of nitrogens with one attached hydrogen (secondary N) is 1. The Bertz CT molecular complexity index is 1250. The Morgan fingerprint density at radius 1 is 1.26 bits per heavy atom. The number of nitro benzene ring substituents is 1. The lowest BCUT2D eigenvalue weighted by molar-refractivity contribution is -0.384. The summed E-state index contributed by atoms with van der Waals surface area (Å²) in [4.78, 5) is 39.5. The summed E-state index contributed by atoms with van der Waals surface area (Å²) in [5.74, 6) is -0.965. The monoisotopic (exact) mass is 436 g/mol. The second kappa shape index (κ2) is 8.40. The number of fused-ring (bicyclic) bond motifs is 1. The maximum Gasteiger partial charge on any atom is 0.271 e. The van der Waals surface area contributed by atoms with Crippen molar-refractivity contribution in [2.75, 3.05) is 4.90 Å². The molecule has 1 aromatic heterocycles. The number of rotatable bonds is 5. The number of H-pyrrole nitrogens is 1. The van der Waals surface area contributed by atoms with E-state index in [4.69, 9.17) is 5.73 Å². The van der Waals surface area contributed by atoms with Gasteiger partial charge in [0.1, 0.15) is 5.25 Å². The maximum atomic E-state index is 12.7. The van der Waals surface area contributed by atoms with Crippen molar-refractivity contribution in [2.45, 2.75) is 11.7 Å². The van der Waals surface area contributed by atoms with Crippen molar-refractivity contribution in [3.8, 4) is 0 Å². The van der Waals surface area contributed by atoms with Crippen molar-refractivity contribution in [2.24, 2.45) is 15.9 Å². The summed E-state index contributed by atoms with van der Waals surface area (Å²) in [6.45, 7) is 0. The number of thioether (sulfide) groups is 1. The first kappa shape index (κ1) is 20.3. The Morgan fingerprint density at radius 2 is 2.06 bits per heavy atom. The van der Waals surface area contributed by atoms with Gasteiger partial charge in [-0.1, -0.05) is 36.0 Å². The highest BCUT2D eigenvalue weighted by Crippen LogP contribution is 2.31. The maximum absolute atomic E-state index is 12.7. The standard InChI is InChI=1S/C20H16N6O4S/c21-20(24-23-11-12-10-22-16-7-2-1-6-15(12)16)31-17-9-18(27)25(19(17)28)13-4-3-5-14(8-13)26(29)30/h1-8,10-11,17,22H,9H2,(H2,21,24)/b23-11+. The summed E-state index contributed by atoms with van der Waals surface area (Å²) in [6, 6.07) is 13.1. The molecule has 156 valence electrons. The van der Waals surface area contributed by atoms with Gasteiger partial charge in [0.25, 0.3) is 5.69 Å². The number of hydrogen-bond donors (Lipinski definition) is 2. The van der Waals surface area contributed by atoms with Crippen LogP contribution in [0, 0.1) is 10.1 Å². The molecule has 2 aromatic carbocycles. The van der Waals surface area contributed by atoms with Gasteiger partial charge in [-0.05, 0) is 12.1 Å². The quantitative estimate of drug-likeness (QED) is 0.207. The van der Waals surface area contributed by atoms with Gasteiger partial charge in [-0.15, -0.1) is 5.10 Å². The lowest BCUT2D eigenvalue weighted by Gasteiger charge is -2.14. The highest BCUT2D eigenvalue weighted by molar-refractivity contribution is 8.14. The molecule has 0 bridgehead atoms. The van der Waals surface area contributed by atoms with Gasteiger partial charge in [0.2, 0.25) is 11.8 Å². The number of nitrogens with zero attached hydrogens (tertiary/aromatic N) is 4. The number of aromatic amines is 1. The number of benzene rings is 2. The van der Waals surface area contributed by atoms with Gasteiger partial charge in [0.15, 0.2) is 5.17 Å². The molecule has 1 atom stereocenters. The lowest BCUT2D eigenvalue weighted by Crippen LogP contribution is -2.31. The smallest absolute Gasteiger partial charge is 0.271 e. The summed E-state index contributed by atoms with van der Waals surface area (Å²) < 4.78 is 0. The van der Waals surface area contributed by atoms with Crippen LogP contribution < -0.4 is 10.6 Å². The van der Waals surface area contributed by atoms with Crippen LogP contribution >= 0.6 is 11.8 Å². The van der Waals surface area contributed by atoms with Crippen LogP contribution in [0.3, 0.4) is 0 Å². The molecule has 0 spiro atoms. The van der Waals surface area contributed by atoms with Crippen LogP contribution in [-0.4, -0.2) is 38.4 Å². The van der Waals surface area contributed by atoms with Crippen LogP contribution in [0.1, 0.15) is 12.0 Å². The number of imide groups is 1. The number of carbonyl (C=O) groups excluding carboxylic acids is 2. The zero-order chi connectivity index (χ0) is 22.0. The minimum Gasteiger partial charge on any atom is -0.377 e. The highest BCUT2D eigenvalue weighted by atomic mass is 32.2. The summed E-state index contributed by atoms with van der Waals surface area (Å²) in [6.07, 6.45) is 3.25. The molecule has 10 nitrogen and oxygen atoms in total. The number of para-hydroxylation sites is 1. The van der Waals surface area contributed by atoms with Crippen molar-refractivity contribution >= 4 is 57.2 Å². The number of non-ortho nitro benzene ring substituents is 1. The zero-order valence-corrected chi connectivity index (χ0v) is 16.8. The van der Waals surface area contributed by atoms with Gasteiger partial charge in [-0.3, -0.25) is 19.7 Å². The number of nitrogens with two attached hydrogens (primary N) is 1. The van der Waals surface area contributed by atoms with E-state index in [1.807, 2.05) is 24.3 Å². The molecule has 0 saturated carbocycles. The van der Waals surface area contributed by atoms with Crippen LogP contribution in [0.5, 0.6) is 0 Å².